The molecule has 0 aliphatic rings. The molecule has 8 heteroatoms. The molecule has 0 spiro atoms. The van der Waals surface area contributed by atoms with Crippen LogP contribution in [-0.4, -0.2) is 22.5 Å². The van der Waals surface area contributed by atoms with E-state index < -0.39 is 24.2 Å². The molecule has 0 saturated carbocycles. The van der Waals surface area contributed by atoms with Crippen LogP contribution in [0, 0.1) is 0 Å². The Morgan fingerprint density at radius 3 is 2.43 bits per heavy atom. The second-order valence-corrected chi connectivity index (χ2v) is 4.96. The monoisotopic (exact) mass is 346 g/mol. The molecule has 0 fully saturated rings. The summed E-state index contributed by atoms with van der Waals surface area (Å²) >= 11 is 6.03. The van der Waals surface area contributed by atoms with E-state index in [-0.39, 0.29) is 10.6 Å². The van der Waals surface area contributed by atoms with Crippen LogP contribution in [0.15, 0.2) is 42.5 Å². The van der Waals surface area contributed by atoms with Crippen LogP contribution in [0.25, 0.3) is 11.1 Å². The maximum atomic E-state index is 12.2. The van der Waals surface area contributed by atoms with Gasteiger partial charge in [-0.2, -0.15) is 0 Å². The first-order chi connectivity index (χ1) is 10.7. The quantitative estimate of drug-likeness (QED) is 0.877. The van der Waals surface area contributed by atoms with E-state index in [0.717, 1.165) is 12.1 Å². The Labute approximate surface area is 133 Å². The van der Waals surface area contributed by atoms with Gasteiger partial charge in [-0.1, -0.05) is 35.9 Å². The molecule has 2 rings (SSSR count). The summed E-state index contributed by atoms with van der Waals surface area (Å²) in [6.07, 6.45) is -6.54. The third-order valence-electron chi connectivity index (χ3n) is 2.92. The Hall–Kier alpha value is -2.25. The van der Waals surface area contributed by atoms with Gasteiger partial charge in [-0.15, -0.1) is 13.2 Å². The molecule has 0 saturated heterocycles. The van der Waals surface area contributed by atoms with Gasteiger partial charge in [0.25, 0.3) is 0 Å². The molecule has 23 heavy (non-hydrogen) atoms. The van der Waals surface area contributed by atoms with Gasteiger partial charge in [0.05, 0.1) is 0 Å². The molecular weight excluding hydrogens is 337 g/mol. The Kier molecular flexibility index (Phi) is 4.82. The van der Waals surface area contributed by atoms with E-state index in [1.807, 2.05) is 0 Å². The molecule has 0 radical (unpaired) electrons. The molecule has 0 aliphatic carbocycles. The smallest absolute Gasteiger partial charge is 0.479 e. The molecule has 0 aromatic heterocycles. The number of benzene rings is 2. The van der Waals surface area contributed by atoms with Gasteiger partial charge in [0.2, 0.25) is 0 Å². The summed E-state index contributed by atoms with van der Waals surface area (Å²) in [4.78, 5) is 10.7. The van der Waals surface area contributed by atoms with Crippen molar-refractivity contribution in [2.24, 2.45) is 0 Å². The minimum absolute atomic E-state index is 0.0638. The van der Waals surface area contributed by atoms with Crippen LogP contribution in [0.2, 0.25) is 5.02 Å². The summed E-state index contributed by atoms with van der Waals surface area (Å²) < 4.78 is 40.6. The van der Waals surface area contributed by atoms with Crippen molar-refractivity contribution >= 4 is 17.6 Å². The van der Waals surface area contributed by atoms with E-state index >= 15 is 0 Å². The molecule has 0 amide bonds. The molecule has 0 aliphatic heterocycles. The molecule has 1 atom stereocenters. The Morgan fingerprint density at radius 2 is 1.87 bits per heavy atom. The van der Waals surface area contributed by atoms with Gasteiger partial charge < -0.3 is 14.9 Å². The number of hydrogen-bond acceptors (Lipinski definition) is 3. The van der Waals surface area contributed by atoms with Gasteiger partial charge >= 0.3 is 12.3 Å². The average molecular weight is 347 g/mol. The first-order valence-corrected chi connectivity index (χ1v) is 6.61. The van der Waals surface area contributed by atoms with Crippen LogP contribution in [0.3, 0.4) is 0 Å². The number of aliphatic hydroxyl groups is 1. The number of aliphatic hydroxyl groups excluding tert-OH is 1. The predicted octanol–water partition coefficient (Wildman–Crippen LogP) is 4.02. The molecule has 2 aromatic carbocycles. The van der Waals surface area contributed by atoms with E-state index in [1.54, 1.807) is 0 Å². The van der Waals surface area contributed by atoms with Crippen molar-refractivity contribution in [3.63, 3.8) is 0 Å². The second kappa shape index (κ2) is 6.47. The van der Waals surface area contributed by atoms with Crippen molar-refractivity contribution in [1.29, 1.82) is 0 Å². The fourth-order valence-electron chi connectivity index (χ4n) is 1.94. The molecule has 2 N–H and O–H groups in total. The number of halogens is 4. The average Bonchev–Trinajstić information content (AvgIpc) is 2.44. The molecule has 1 unspecified atom stereocenters. The van der Waals surface area contributed by atoms with Crippen molar-refractivity contribution in [1.82, 2.24) is 0 Å². The van der Waals surface area contributed by atoms with E-state index in [0.29, 0.717) is 11.1 Å². The number of alkyl halides is 3. The van der Waals surface area contributed by atoms with Gasteiger partial charge in [-0.3, -0.25) is 0 Å². The summed E-state index contributed by atoms with van der Waals surface area (Å²) in [5.74, 6) is -1.84. The van der Waals surface area contributed by atoms with E-state index in [4.69, 9.17) is 16.7 Å². The van der Waals surface area contributed by atoms with Crippen molar-refractivity contribution in [3.8, 4) is 16.9 Å². The number of carboxylic acids is 1. The maximum Gasteiger partial charge on any atom is 0.573 e. The topological polar surface area (TPSA) is 66.8 Å². The van der Waals surface area contributed by atoms with Crippen LogP contribution >= 0.6 is 11.6 Å². The zero-order valence-electron chi connectivity index (χ0n) is 11.3. The largest absolute Gasteiger partial charge is 0.573 e. The number of hydrogen-bond donors (Lipinski definition) is 2. The lowest BCUT2D eigenvalue weighted by Crippen LogP contribution is -2.17. The van der Waals surface area contributed by atoms with Crippen LogP contribution in [0.5, 0.6) is 5.75 Å². The highest BCUT2D eigenvalue weighted by Gasteiger charge is 2.31. The zero-order valence-corrected chi connectivity index (χ0v) is 12.1. The summed E-state index contributed by atoms with van der Waals surface area (Å²) in [6, 6.07) is 9.18. The first-order valence-electron chi connectivity index (χ1n) is 6.24. The molecular formula is C15H10ClF3O4. The van der Waals surface area contributed by atoms with Gasteiger partial charge in [-0.25, -0.2) is 4.79 Å². The summed E-state index contributed by atoms with van der Waals surface area (Å²) in [6.45, 7) is 0. The number of rotatable bonds is 4. The fraction of sp³-hybridized carbons (Fsp3) is 0.133. The minimum Gasteiger partial charge on any atom is -0.479 e. The van der Waals surface area contributed by atoms with E-state index in [1.165, 1.54) is 30.3 Å². The lowest BCUT2D eigenvalue weighted by Gasteiger charge is -2.12. The van der Waals surface area contributed by atoms with Gasteiger partial charge in [0.15, 0.2) is 6.10 Å². The number of ether oxygens (including phenoxy) is 1. The summed E-state index contributed by atoms with van der Waals surface area (Å²) in [7, 11) is 0. The van der Waals surface area contributed by atoms with Crippen LogP contribution < -0.4 is 4.74 Å². The predicted molar refractivity (Wildman–Crippen MR) is 76.2 cm³/mol. The Bertz CT molecular complexity index is 731. The zero-order chi connectivity index (χ0) is 17.2. The van der Waals surface area contributed by atoms with E-state index in [9.17, 15) is 23.1 Å². The normalized spacial score (nSPS) is 12.7. The minimum atomic E-state index is -4.81. The molecule has 0 heterocycles. The second-order valence-electron chi connectivity index (χ2n) is 4.56. The van der Waals surface area contributed by atoms with Crippen molar-refractivity contribution in [2.75, 3.05) is 0 Å². The van der Waals surface area contributed by atoms with Gasteiger partial charge in [0.1, 0.15) is 5.75 Å². The van der Waals surface area contributed by atoms with E-state index in [2.05, 4.69) is 4.74 Å². The SMILES string of the molecule is O=C(O)C(O)c1ccc(-c2cccc(OC(F)(F)F)c2)c(Cl)c1. The van der Waals surface area contributed by atoms with Crippen molar-refractivity contribution in [3.05, 3.63) is 53.1 Å². The third kappa shape index (κ3) is 4.37. The third-order valence-corrected chi connectivity index (χ3v) is 3.23. The Balaban J connectivity index is 2.36. The number of aliphatic carboxylic acids is 1. The van der Waals surface area contributed by atoms with Crippen LogP contribution in [0.4, 0.5) is 13.2 Å². The highest BCUT2D eigenvalue weighted by molar-refractivity contribution is 6.33. The molecule has 0 bridgehead atoms. The summed E-state index contributed by atoms with van der Waals surface area (Å²) in [5.41, 5.74) is 0.794. The number of carboxylic acid groups (broad SMARTS) is 1. The van der Waals surface area contributed by atoms with Crippen LogP contribution in [0.1, 0.15) is 11.7 Å². The van der Waals surface area contributed by atoms with Crippen LogP contribution in [-0.2, 0) is 4.79 Å². The fourth-order valence-corrected chi connectivity index (χ4v) is 2.24. The highest BCUT2D eigenvalue weighted by atomic mass is 35.5. The van der Waals surface area contributed by atoms with Crippen molar-refractivity contribution in [2.45, 2.75) is 12.5 Å². The molecule has 122 valence electrons. The highest BCUT2D eigenvalue weighted by Crippen LogP contribution is 2.33. The molecule has 4 nitrogen and oxygen atoms in total. The molecule has 2 aromatic rings. The van der Waals surface area contributed by atoms with Gasteiger partial charge in [-0.05, 0) is 29.3 Å². The number of carbonyl (C=O) groups is 1. The van der Waals surface area contributed by atoms with Crippen molar-refractivity contribution < 1.29 is 32.9 Å². The summed E-state index contributed by atoms with van der Waals surface area (Å²) in [5, 5.41) is 18.3. The van der Waals surface area contributed by atoms with Gasteiger partial charge in [0, 0.05) is 10.6 Å². The first kappa shape index (κ1) is 17.1. The standard InChI is InChI=1S/C15H10ClF3O4/c16-12-7-9(13(20)14(21)22)4-5-11(12)8-2-1-3-10(6-8)23-15(17,18)19/h1-7,13,20H,(H,21,22). The lowest BCUT2D eigenvalue weighted by atomic mass is 10.0. The lowest BCUT2D eigenvalue weighted by molar-refractivity contribution is -0.274. The maximum absolute atomic E-state index is 12.2. The Morgan fingerprint density at radius 1 is 1.17 bits per heavy atom.